The molecule has 2 N–H and O–H groups in total. The van der Waals surface area contributed by atoms with E-state index in [1.165, 1.54) is 7.11 Å². The molecular formula is C9H14N2O3. The van der Waals surface area contributed by atoms with Gasteiger partial charge in [0.2, 0.25) is 0 Å². The average molecular weight is 198 g/mol. The molecule has 1 rings (SSSR count). The van der Waals surface area contributed by atoms with Gasteiger partial charge in [-0.3, -0.25) is 4.79 Å². The summed E-state index contributed by atoms with van der Waals surface area (Å²) in [5.41, 5.74) is 6.68. The number of hydrogen-bond acceptors (Lipinski definition) is 5. The fourth-order valence-electron chi connectivity index (χ4n) is 1.19. The highest BCUT2D eigenvalue weighted by Gasteiger charge is 2.14. The Morgan fingerprint density at radius 3 is 3.00 bits per heavy atom. The summed E-state index contributed by atoms with van der Waals surface area (Å²) >= 11 is 0. The molecule has 14 heavy (non-hydrogen) atoms. The van der Waals surface area contributed by atoms with E-state index in [0.29, 0.717) is 18.6 Å². The molecule has 1 aromatic heterocycles. The number of carbonyl (C=O) groups is 1. The van der Waals surface area contributed by atoms with Crippen LogP contribution in [0, 0.1) is 6.92 Å². The minimum absolute atomic E-state index is 0.222. The lowest BCUT2D eigenvalue weighted by molar-refractivity contribution is -0.140. The number of ether oxygens (including phenoxy) is 1. The van der Waals surface area contributed by atoms with Crippen LogP contribution in [0.15, 0.2) is 10.7 Å². The highest BCUT2D eigenvalue weighted by Crippen LogP contribution is 2.18. The molecule has 0 radical (unpaired) electrons. The predicted octanol–water partition coefficient (Wildman–Crippen LogP) is 0.936. The highest BCUT2D eigenvalue weighted by atomic mass is 16.5. The molecule has 0 fully saturated rings. The highest BCUT2D eigenvalue weighted by molar-refractivity contribution is 5.69. The maximum atomic E-state index is 10.9. The van der Waals surface area contributed by atoms with E-state index < -0.39 is 0 Å². The van der Waals surface area contributed by atoms with Crippen LogP contribution in [0.2, 0.25) is 0 Å². The van der Waals surface area contributed by atoms with Crippen LogP contribution in [0.4, 0.5) is 0 Å². The normalized spacial score (nSPS) is 12.5. The zero-order chi connectivity index (χ0) is 10.6. The molecule has 1 aromatic rings. The Balaban J connectivity index is 2.47. The Morgan fingerprint density at radius 1 is 1.79 bits per heavy atom. The topological polar surface area (TPSA) is 78.4 Å². The zero-order valence-corrected chi connectivity index (χ0v) is 8.32. The number of nitrogens with two attached hydrogens (primary N) is 1. The Bertz CT molecular complexity index is 309. The van der Waals surface area contributed by atoms with Crippen LogP contribution in [0.5, 0.6) is 0 Å². The molecule has 1 unspecified atom stereocenters. The largest absolute Gasteiger partial charge is 0.469 e. The first-order valence-corrected chi connectivity index (χ1v) is 4.38. The number of aromatic nitrogens is 1. The molecule has 0 amide bonds. The third kappa shape index (κ3) is 2.56. The van der Waals surface area contributed by atoms with E-state index in [1.807, 2.05) is 0 Å². The summed E-state index contributed by atoms with van der Waals surface area (Å²) in [6, 6.07) is -0.222. The second-order valence-corrected chi connectivity index (χ2v) is 3.06. The first kappa shape index (κ1) is 10.7. The zero-order valence-electron chi connectivity index (χ0n) is 8.32. The van der Waals surface area contributed by atoms with Gasteiger partial charge in [-0.15, -0.1) is 0 Å². The van der Waals surface area contributed by atoms with Crippen LogP contribution in [0.3, 0.4) is 0 Å². The van der Waals surface area contributed by atoms with Gasteiger partial charge in [-0.25, -0.2) is 0 Å². The standard InChI is InChI=1S/C9H14N2O3/c1-6-7(5-11-14-6)8(10)3-4-9(12)13-2/h5,8H,3-4,10H2,1-2H3. The lowest BCUT2D eigenvalue weighted by Gasteiger charge is -2.08. The van der Waals surface area contributed by atoms with Crippen molar-refractivity contribution >= 4 is 5.97 Å². The van der Waals surface area contributed by atoms with Gasteiger partial charge >= 0.3 is 5.97 Å². The van der Waals surface area contributed by atoms with E-state index in [4.69, 9.17) is 10.3 Å². The van der Waals surface area contributed by atoms with E-state index in [-0.39, 0.29) is 12.0 Å². The molecule has 5 nitrogen and oxygen atoms in total. The van der Waals surface area contributed by atoms with Crippen molar-refractivity contribution < 1.29 is 14.1 Å². The van der Waals surface area contributed by atoms with E-state index in [2.05, 4.69) is 9.89 Å². The summed E-state index contributed by atoms with van der Waals surface area (Å²) in [5, 5.41) is 3.62. The number of hydrogen-bond donors (Lipinski definition) is 1. The first-order valence-electron chi connectivity index (χ1n) is 4.38. The third-order valence-electron chi connectivity index (χ3n) is 2.07. The molecule has 5 heteroatoms. The van der Waals surface area contributed by atoms with Gasteiger partial charge in [-0.2, -0.15) is 0 Å². The van der Waals surface area contributed by atoms with Crippen LogP contribution < -0.4 is 5.73 Å². The average Bonchev–Trinajstić information content (AvgIpc) is 2.60. The smallest absolute Gasteiger partial charge is 0.305 e. The summed E-state index contributed by atoms with van der Waals surface area (Å²) in [6.07, 6.45) is 2.42. The number of esters is 1. The van der Waals surface area contributed by atoms with Gasteiger partial charge in [0.25, 0.3) is 0 Å². The van der Waals surface area contributed by atoms with Crippen LogP contribution >= 0.6 is 0 Å². The van der Waals surface area contributed by atoms with Gasteiger partial charge in [0, 0.05) is 18.0 Å². The molecule has 0 aromatic carbocycles. The van der Waals surface area contributed by atoms with Gasteiger partial charge < -0.3 is 15.0 Å². The maximum Gasteiger partial charge on any atom is 0.305 e. The van der Waals surface area contributed by atoms with E-state index >= 15 is 0 Å². The number of aryl methyl sites for hydroxylation is 1. The Morgan fingerprint density at radius 2 is 2.50 bits per heavy atom. The molecule has 1 atom stereocenters. The van der Waals surface area contributed by atoms with Crippen LogP contribution in [-0.2, 0) is 9.53 Å². The van der Waals surface area contributed by atoms with Crippen molar-refractivity contribution in [3.05, 3.63) is 17.5 Å². The quantitative estimate of drug-likeness (QED) is 0.728. The monoisotopic (exact) mass is 198 g/mol. The molecule has 0 aliphatic carbocycles. The number of nitrogens with zero attached hydrogens (tertiary/aromatic N) is 1. The minimum atomic E-state index is -0.255. The number of carbonyl (C=O) groups excluding carboxylic acids is 1. The molecule has 0 saturated carbocycles. The SMILES string of the molecule is COC(=O)CCC(N)c1cnoc1C. The molecule has 0 bridgehead atoms. The predicted molar refractivity (Wildman–Crippen MR) is 49.4 cm³/mol. The van der Waals surface area contributed by atoms with Gasteiger partial charge in [0.05, 0.1) is 13.3 Å². The van der Waals surface area contributed by atoms with Crippen molar-refractivity contribution in [2.24, 2.45) is 5.73 Å². The summed E-state index contributed by atoms with van der Waals surface area (Å²) in [7, 11) is 1.36. The fraction of sp³-hybridized carbons (Fsp3) is 0.556. The molecule has 0 aliphatic heterocycles. The third-order valence-corrected chi connectivity index (χ3v) is 2.07. The van der Waals surface area contributed by atoms with Gasteiger partial charge in [-0.1, -0.05) is 5.16 Å². The summed E-state index contributed by atoms with van der Waals surface area (Å²) in [5.74, 6) is 0.442. The second-order valence-electron chi connectivity index (χ2n) is 3.06. The van der Waals surface area contributed by atoms with E-state index in [0.717, 1.165) is 5.56 Å². The van der Waals surface area contributed by atoms with E-state index in [9.17, 15) is 4.79 Å². The minimum Gasteiger partial charge on any atom is -0.469 e. The number of methoxy groups -OCH3 is 1. The Labute approximate surface area is 82.2 Å². The van der Waals surface area contributed by atoms with Crippen molar-refractivity contribution in [1.29, 1.82) is 0 Å². The summed E-state index contributed by atoms with van der Waals surface area (Å²) in [4.78, 5) is 10.9. The maximum absolute atomic E-state index is 10.9. The van der Waals surface area contributed by atoms with Crippen LogP contribution in [0.1, 0.15) is 30.2 Å². The van der Waals surface area contributed by atoms with Crippen molar-refractivity contribution in [2.75, 3.05) is 7.11 Å². The Hall–Kier alpha value is -1.36. The van der Waals surface area contributed by atoms with Gasteiger partial charge in [0.15, 0.2) is 0 Å². The number of rotatable bonds is 4. The summed E-state index contributed by atoms with van der Waals surface area (Å²) in [6.45, 7) is 1.79. The molecule has 0 spiro atoms. The second kappa shape index (κ2) is 4.76. The molecule has 0 aliphatic rings. The van der Waals surface area contributed by atoms with Gasteiger partial charge in [-0.05, 0) is 13.3 Å². The first-order chi connectivity index (χ1) is 6.65. The Kier molecular flexibility index (Phi) is 3.64. The van der Waals surface area contributed by atoms with Crippen LogP contribution in [-0.4, -0.2) is 18.2 Å². The lowest BCUT2D eigenvalue weighted by Crippen LogP contribution is -2.13. The van der Waals surface area contributed by atoms with Gasteiger partial charge in [0.1, 0.15) is 5.76 Å². The lowest BCUT2D eigenvalue weighted by atomic mass is 10.0. The van der Waals surface area contributed by atoms with Crippen molar-refractivity contribution in [2.45, 2.75) is 25.8 Å². The van der Waals surface area contributed by atoms with Crippen molar-refractivity contribution in [3.8, 4) is 0 Å². The fourth-order valence-corrected chi connectivity index (χ4v) is 1.19. The molecule has 1 heterocycles. The molecular weight excluding hydrogens is 184 g/mol. The molecule has 78 valence electrons. The molecule has 0 saturated heterocycles. The van der Waals surface area contributed by atoms with Crippen LogP contribution in [0.25, 0.3) is 0 Å². The van der Waals surface area contributed by atoms with Crippen molar-refractivity contribution in [3.63, 3.8) is 0 Å². The van der Waals surface area contributed by atoms with E-state index in [1.54, 1.807) is 13.1 Å². The summed E-state index contributed by atoms with van der Waals surface area (Å²) < 4.78 is 9.39. The van der Waals surface area contributed by atoms with Crippen molar-refractivity contribution in [1.82, 2.24) is 5.16 Å².